The Morgan fingerprint density at radius 2 is 2.16 bits per heavy atom. The second-order valence-electron chi connectivity index (χ2n) is 4.74. The molecule has 6 heteroatoms. The summed E-state index contributed by atoms with van der Waals surface area (Å²) in [6, 6.07) is 1.68. The summed E-state index contributed by atoms with van der Waals surface area (Å²) in [5.41, 5.74) is 1.14. The fourth-order valence-corrected chi connectivity index (χ4v) is 1.42. The Kier molecular flexibility index (Phi) is 6.21. The molecule has 0 aliphatic rings. The van der Waals surface area contributed by atoms with Crippen molar-refractivity contribution >= 4 is 11.9 Å². The van der Waals surface area contributed by atoms with Crippen LogP contribution in [0.2, 0.25) is 0 Å². The molecule has 0 spiro atoms. The largest absolute Gasteiger partial charge is 0.383 e. The van der Waals surface area contributed by atoms with Crippen molar-refractivity contribution in [2.24, 2.45) is 5.92 Å². The van der Waals surface area contributed by atoms with E-state index >= 15 is 0 Å². The van der Waals surface area contributed by atoms with E-state index in [1.165, 1.54) is 0 Å². The Balaban J connectivity index is 2.69. The number of methoxy groups -OCH3 is 1. The van der Waals surface area contributed by atoms with Crippen LogP contribution in [0.4, 0.5) is 5.95 Å². The monoisotopic (exact) mass is 266 g/mol. The van der Waals surface area contributed by atoms with E-state index < -0.39 is 0 Å². The standard InChI is InChI=1S/C13H22N4O2/c1-9(2)8-15-12(18)11-7-10(3)16-13(17-11)14-5-6-19-4/h7,9H,5-6,8H2,1-4H3,(H,15,18)(H,14,16,17). The van der Waals surface area contributed by atoms with Crippen molar-refractivity contribution in [3.63, 3.8) is 0 Å². The maximum Gasteiger partial charge on any atom is 0.270 e. The van der Waals surface area contributed by atoms with Crippen molar-refractivity contribution in [3.8, 4) is 0 Å². The van der Waals surface area contributed by atoms with Gasteiger partial charge in [0.15, 0.2) is 0 Å². The first-order valence-electron chi connectivity index (χ1n) is 6.39. The van der Waals surface area contributed by atoms with Crippen LogP contribution in [0, 0.1) is 12.8 Å². The van der Waals surface area contributed by atoms with Gasteiger partial charge in [0.2, 0.25) is 5.95 Å². The predicted molar refractivity (Wildman–Crippen MR) is 74.3 cm³/mol. The number of carbonyl (C=O) groups is 1. The second kappa shape index (κ2) is 7.68. The molecule has 0 radical (unpaired) electrons. The van der Waals surface area contributed by atoms with E-state index in [1.54, 1.807) is 13.2 Å². The van der Waals surface area contributed by atoms with E-state index in [0.717, 1.165) is 5.69 Å². The van der Waals surface area contributed by atoms with Gasteiger partial charge in [-0.2, -0.15) is 0 Å². The summed E-state index contributed by atoms with van der Waals surface area (Å²) in [6.45, 7) is 7.72. The summed E-state index contributed by atoms with van der Waals surface area (Å²) in [5, 5.41) is 5.86. The van der Waals surface area contributed by atoms with Gasteiger partial charge in [-0.15, -0.1) is 0 Å². The van der Waals surface area contributed by atoms with Crippen molar-refractivity contribution in [1.82, 2.24) is 15.3 Å². The molecule has 0 saturated heterocycles. The minimum Gasteiger partial charge on any atom is -0.383 e. The molecule has 0 fully saturated rings. The van der Waals surface area contributed by atoms with Crippen LogP contribution in [0.1, 0.15) is 30.0 Å². The number of hydrogen-bond acceptors (Lipinski definition) is 5. The number of nitrogens with zero attached hydrogens (tertiary/aromatic N) is 2. The Bertz CT molecular complexity index is 421. The summed E-state index contributed by atoms with van der Waals surface area (Å²) in [6.07, 6.45) is 0. The lowest BCUT2D eigenvalue weighted by molar-refractivity contribution is 0.0944. The zero-order chi connectivity index (χ0) is 14.3. The van der Waals surface area contributed by atoms with Gasteiger partial charge >= 0.3 is 0 Å². The van der Waals surface area contributed by atoms with Crippen molar-refractivity contribution in [2.45, 2.75) is 20.8 Å². The summed E-state index contributed by atoms with van der Waals surface area (Å²) in [5.74, 6) is 0.687. The number of nitrogens with one attached hydrogen (secondary N) is 2. The van der Waals surface area contributed by atoms with E-state index in [0.29, 0.717) is 37.3 Å². The van der Waals surface area contributed by atoms with Gasteiger partial charge in [0.25, 0.3) is 5.91 Å². The quantitative estimate of drug-likeness (QED) is 0.726. The third-order valence-corrected chi connectivity index (χ3v) is 2.35. The molecule has 0 atom stereocenters. The first kappa shape index (κ1) is 15.4. The van der Waals surface area contributed by atoms with Gasteiger partial charge in [-0.1, -0.05) is 13.8 Å². The molecule has 0 aromatic carbocycles. The summed E-state index contributed by atoms with van der Waals surface area (Å²) < 4.78 is 4.94. The number of aromatic nitrogens is 2. The van der Waals surface area contributed by atoms with Gasteiger partial charge in [-0.3, -0.25) is 4.79 Å². The van der Waals surface area contributed by atoms with Crippen LogP contribution in [0.15, 0.2) is 6.07 Å². The van der Waals surface area contributed by atoms with Crippen LogP contribution in [0.25, 0.3) is 0 Å². The van der Waals surface area contributed by atoms with E-state index in [-0.39, 0.29) is 5.91 Å². The van der Waals surface area contributed by atoms with E-state index in [4.69, 9.17) is 4.74 Å². The molecule has 19 heavy (non-hydrogen) atoms. The van der Waals surface area contributed by atoms with Crippen LogP contribution < -0.4 is 10.6 Å². The van der Waals surface area contributed by atoms with Gasteiger partial charge in [0, 0.05) is 25.9 Å². The molecule has 0 aliphatic carbocycles. The maximum absolute atomic E-state index is 11.9. The number of carbonyl (C=O) groups excluding carboxylic acids is 1. The first-order chi connectivity index (χ1) is 9.02. The maximum atomic E-state index is 11.9. The summed E-state index contributed by atoms with van der Waals surface area (Å²) >= 11 is 0. The Morgan fingerprint density at radius 3 is 2.79 bits per heavy atom. The normalized spacial score (nSPS) is 10.6. The Morgan fingerprint density at radius 1 is 1.42 bits per heavy atom. The predicted octanol–water partition coefficient (Wildman–Crippen LogP) is 1.23. The van der Waals surface area contributed by atoms with Gasteiger partial charge in [0.05, 0.1) is 6.61 Å². The number of anilines is 1. The second-order valence-corrected chi connectivity index (χ2v) is 4.74. The number of aryl methyl sites for hydroxylation is 1. The number of ether oxygens (including phenoxy) is 1. The highest BCUT2D eigenvalue weighted by atomic mass is 16.5. The summed E-state index contributed by atoms with van der Waals surface area (Å²) in [4.78, 5) is 20.3. The summed E-state index contributed by atoms with van der Waals surface area (Å²) in [7, 11) is 1.63. The minimum atomic E-state index is -0.172. The fraction of sp³-hybridized carbons (Fsp3) is 0.615. The minimum absolute atomic E-state index is 0.172. The van der Waals surface area contributed by atoms with Crippen LogP contribution >= 0.6 is 0 Å². The van der Waals surface area contributed by atoms with E-state index in [9.17, 15) is 4.79 Å². The molecular formula is C13H22N4O2. The van der Waals surface area contributed by atoms with Crippen molar-refractivity contribution in [3.05, 3.63) is 17.5 Å². The fourth-order valence-electron chi connectivity index (χ4n) is 1.42. The van der Waals surface area contributed by atoms with Gasteiger partial charge in [-0.25, -0.2) is 9.97 Å². The molecule has 0 aliphatic heterocycles. The Hall–Kier alpha value is -1.69. The highest BCUT2D eigenvalue weighted by Crippen LogP contribution is 2.05. The molecule has 106 valence electrons. The van der Waals surface area contributed by atoms with Crippen molar-refractivity contribution in [2.75, 3.05) is 32.1 Å². The smallest absolute Gasteiger partial charge is 0.270 e. The lowest BCUT2D eigenvalue weighted by Gasteiger charge is -2.09. The van der Waals surface area contributed by atoms with Crippen LogP contribution in [-0.2, 0) is 4.74 Å². The molecule has 0 bridgehead atoms. The molecule has 0 saturated carbocycles. The molecule has 1 aromatic heterocycles. The molecular weight excluding hydrogens is 244 g/mol. The molecule has 1 heterocycles. The average molecular weight is 266 g/mol. The first-order valence-corrected chi connectivity index (χ1v) is 6.39. The molecule has 2 N–H and O–H groups in total. The lowest BCUT2D eigenvalue weighted by Crippen LogP contribution is -2.28. The van der Waals surface area contributed by atoms with Crippen LogP contribution in [0.5, 0.6) is 0 Å². The molecule has 6 nitrogen and oxygen atoms in total. The topological polar surface area (TPSA) is 76.1 Å². The highest BCUT2D eigenvalue weighted by Gasteiger charge is 2.10. The number of rotatable bonds is 7. The third kappa shape index (κ3) is 5.65. The highest BCUT2D eigenvalue weighted by molar-refractivity contribution is 5.92. The van der Waals surface area contributed by atoms with Gasteiger partial charge in [-0.05, 0) is 18.9 Å². The SMILES string of the molecule is COCCNc1nc(C)cc(C(=O)NCC(C)C)n1. The van der Waals surface area contributed by atoms with Crippen molar-refractivity contribution in [1.29, 1.82) is 0 Å². The zero-order valence-electron chi connectivity index (χ0n) is 12.0. The molecule has 0 unspecified atom stereocenters. The third-order valence-electron chi connectivity index (χ3n) is 2.35. The number of hydrogen-bond donors (Lipinski definition) is 2. The van der Waals surface area contributed by atoms with Crippen LogP contribution in [0.3, 0.4) is 0 Å². The average Bonchev–Trinajstić information content (AvgIpc) is 2.35. The van der Waals surface area contributed by atoms with Crippen molar-refractivity contribution < 1.29 is 9.53 Å². The molecule has 1 amide bonds. The van der Waals surface area contributed by atoms with E-state index in [2.05, 4.69) is 20.6 Å². The molecule has 1 rings (SSSR count). The lowest BCUT2D eigenvalue weighted by atomic mass is 10.2. The Labute approximate surface area is 114 Å². The van der Waals surface area contributed by atoms with Gasteiger partial charge in [0.1, 0.15) is 5.69 Å². The molecule has 1 aromatic rings. The number of amides is 1. The van der Waals surface area contributed by atoms with Crippen LogP contribution in [-0.4, -0.2) is 42.7 Å². The van der Waals surface area contributed by atoms with Gasteiger partial charge < -0.3 is 15.4 Å². The van der Waals surface area contributed by atoms with E-state index in [1.807, 2.05) is 20.8 Å². The zero-order valence-corrected chi connectivity index (χ0v) is 12.0.